The van der Waals surface area contributed by atoms with E-state index in [0.717, 1.165) is 32.1 Å². The molecule has 0 saturated heterocycles. The molecule has 0 saturated carbocycles. The molecule has 0 bridgehead atoms. The van der Waals surface area contributed by atoms with Crippen molar-refractivity contribution in [3.63, 3.8) is 0 Å². The number of aliphatic carboxylic acids is 1. The van der Waals surface area contributed by atoms with Crippen molar-refractivity contribution in [2.24, 2.45) is 0 Å². The van der Waals surface area contributed by atoms with Gasteiger partial charge in [-0.1, -0.05) is 43.0 Å². The van der Waals surface area contributed by atoms with Crippen molar-refractivity contribution in [1.29, 1.82) is 0 Å². The van der Waals surface area contributed by atoms with Gasteiger partial charge < -0.3 is 10.4 Å². The Labute approximate surface area is 125 Å². The zero-order chi connectivity index (χ0) is 14.8. The van der Waals surface area contributed by atoms with Gasteiger partial charge in [-0.2, -0.15) is 0 Å². The minimum Gasteiger partial charge on any atom is -0.481 e. The number of halogens is 1. The fourth-order valence-corrected chi connectivity index (χ4v) is 2.10. The largest absolute Gasteiger partial charge is 0.481 e. The highest BCUT2D eigenvalue weighted by atomic mass is 35.5. The van der Waals surface area contributed by atoms with Crippen LogP contribution in [0.2, 0.25) is 5.02 Å². The van der Waals surface area contributed by atoms with Crippen LogP contribution in [0.1, 0.15) is 50.3 Å². The van der Waals surface area contributed by atoms with Crippen LogP contribution >= 0.6 is 11.6 Å². The number of carbonyl (C=O) groups is 2. The van der Waals surface area contributed by atoms with Gasteiger partial charge in [0.25, 0.3) is 5.91 Å². The van der Waals surface area contributed by atoms with E-state index in [0.29, 0.717) is 17.1 Å². The smallest absolute Gasteiger partial charge is 0.303 e. The molecule has 0 heterocycles. The molecule has 0 aliphatic heterocycles. The highest BCUT2D eigenvalue weighted by Crippen LogP contribution is 2.14. The molecule has 0 fully saturated rings. The first kappa shape index (κ1) is 16.5. The number of benzene rings is 1. The predicted molar refractivity (Wildman–Crippen MR) is 81.2 cm³/mol. The van der Waals surface area contributed by atoms with Crippen LogP contribution in [0.5, 0.6) is 0 Å². The zero-order valence-electron chi connectivity index (χ0n) is 11.4. The van der Waals surface area contributed by atoms with Gasteiger partial charge in [-0.3, -0.25) is 9.59 Å². The lowest BCUT2D eigenvalue weighted by Gasteiger charge is -2.06. The van der Waals surface area contributed by atoms with E-state index in [4.69, 9.17) is 16.7 Å². The fourth-order valence-electron chi connectivity index (χ4n) is 1.87. The van der Waals surface area contributed by atoms with Crippen molar-refractivity contribution >= 4 is 23.5 Å². The van der Waals surface area contributed by atoms with Gasteiger partial charge in [0.05, 0.1) is 10.6 Å². The summed E-state index contributed by atoms with van der Waals surface area (Å²) in [4.78, 5) is 22.1. The van der Waals surface area contributed by atoms with Gasteiger partial charge >= 0.3 is 5.97 Å². The molecule has 0 aromatic heterocycles. The maximum Gasteiger partial charge on any atom is 0.303 e. The number of hydrogen-bond donors (Lipinski definition) is 2. The molecule has 0 atom stereocenters. The van der Waals surface area contributed by atoms with Crippen molar-refractivity contribution in [3.05, 3.63) is 34.9 Å². The van der Waals surface area contributed by atoms with Gasteiger partial charge in [0.2, 0.25) is 0 Å². The maximum absolute atomic E-state index is 11.8. The van der Waals surface area contributed by atoms with Crippen LogP contribution in [0.15, 0.2) is 24.3 Å². The second-order valence-electron chi connectivity index (χ2n) is 4.65. The van der Waals surface area contributed by atoms with Gasteiger partial charge in [0.15, 0.2) is 0 Å². The summed E-state index contributed by atoms with van der Waals surface area (Å²) < 4.78 is 0. The first-order valence-electron chi connectivity index (χ1n) is 6.86. The quantitative estimate of drug-likeness (QED) is 0.683. The Morgan fingerprint density at radius 1 is 1.10 bits per heavy atom. The van der Waals surface area contributed by atoms with Crippen molar-refractivity contribution in [3.8, 4) is 0 Å². The molecule has 4 nitrogen and oxygen atoms in total. The van der Waals surface area contributed by atoms with Gasteiger partial charge in [0, 0.05) is 14.4 Å². The van der Waals surface area contributed by atoms with E-state index in [1.54, 1.807) is 24.3 Å². The van der Waals surface area contributed by atoms with Gasteiger partial charge in [-0.25, -0.2) is 0 Å². The van der Waals surface area contributed by atoms with E-state index in [-0.39, 0.29) is 13.8 Å². The molecule has 0 aliphatic rings. The molecule has 0 unspecified atom stereocenters. The summed E-state index contributed by atoms with van der Waals surface area (Å²) in [6, 6.07) is 6.96. The third-order valence-corrected chi connectivity index (χ3v) is 3.30. The molecule has 0 radical (unpaired) electrons. The Hall–Kier alpha value is -1.55. The third kappa shape index (κ3) is 6.57. The molecule has 1 aromatic rings. The Morgan fingerprint density at radius 3 is 2.45 bits per heavy atom. The van der Waals surface area contributed by atoms with E-state index < -0.39 is 5.97 Å². The lowest BCUT2D eigenvalue weighted by Crippen LogP contribution is -2.24. The lowest BCUT2D eigenvalue weighted by atomic mass is 10.1. The Morgan fingerprint density at radius 2 is 1.75 bits per heavy atom. The highest BCUT2D eigenvalue weighted by molar-refractivity contribution is 6.33. The summed E-state index contributed by atoms with van der Waals surface area (Å²) in [5.41, 5.74) is 0.496. The summed E-state index contributed by atoms with van der Waals surface area (Å²) in [5.74, 6) is -0.890. The number of carboxylic acid groups (broad SMARTS) is 1. The van der Waals surface area contributed by atoms with E-state index in [2.05, 4.69) is 5.32 Å². The SMILES string of the molecule is O=C(O)CCCCCCCNC(=O)c1ccccc1Cl.[HH]. The standard InChI is InChI=1S/C15H20ClNO3.H2/c16-13-9-6-5-8-12(13)15(20)17-11-7-3-1-2-4-10-14(18)19;/h5-6,8-9H,1-4,7,10-11H2,(H,17,20)(H,18,19);1H. The van der Waals surface area contributed by atoms with E-state index in [1.165, 1.54) is 0 Å². The average Bonchev–Trinajstić information content (AvgIpc) is 2.41. The molecule has 1 rings (SSSR count). The molecular formula is C15H22ClNO3. The molecule has 1 aromatic carbocycles. The number of carboxylic acids is 1. The minimum atomic E-state index is -0.739. The first-order valence-corrected chi connectivity index (χ1v) is 7.23. The van der Waals surface area contributed by atoms with Crippen LogP contribution < -0.4 is 5.32 Å². The second kappa shape index (κ2) is 9.37. The van der Waals surface area contributed by atoms with Gasteiger partial charge in [-0.05, 0) is 25.0 Å². The average molecular weight is 300 g/mol. The minimum absolute atomic E-state index is 0. The topological polar surface area (TPSA) is 66.4 Å². The summed E-state index contributed by atoms with van der Waals surface area (Å²) in [5, 5.41) is 11.8. The van der Waals surface area contributed by atoms with Gasteiger partial charge in [-0.15, -0.1) is 0 Å². The van der Waals surface area contributed by atoms with Crippen molar-refractivity contribution in [2.45, 2.75) is 38.5 Å². The highest BCUT2D eigenvalue weighted by Gasteiger charge is 2.07. The van der Waals surface area contributed by atoms with Crippen LogP contribution in [0, 0.1) is 0 Å². The van der Waals surface area contributed by atoms with Crippen LogP contribution in [0.3, 0.4) is 0 Å². The first-order chi connectivity index (χ1) is 9.61. The van der Waals surface area contributed by atoms with E-state index >= 15 is 0 Å². The number of carbonyl (C=O) groups excluding carboxylic acids is 1. The summed E-state index contributed by atoms with van der Waals surface area (Å²) in [6.07, 6.45) is 4.76. The number of rotatable bonds is 9. The Balaban J connectivity index is 0.00000400. The van der Waals surface area contributed by atoms with Crippen molar-refractivity contribution < 1.29 is 16.1 Å². The molecule has 0 aliphatic carbocycles. The maximum atomic E-state index is 11.8. The summed E-state index contributed by atoms with van der Waals surface area (Å²) in [7, 11) is 0. The number of unbranched alkanes of at least 4 members (excludes halogenated alkanes) is 4. The van der Waals surface area contributed by atoms with Crippen LogP contribution in [0.4, 0.5) is 0 Å². The Kier molecular flexibility index (Phi) is 7.73. The predicted octanol–water partition coefficient (Wildman–Crippen LogP) is 3.74. The fraction of sp³-hybridized carbons (Fsp3) is 0.467. The lowest BCUT2D eigenvalue weighted by molar-refractivity contribution is -0.137. The van der Waals surface area contributed by atoms with Gasteiger partial charge in [0.1, 0.15) is 0 Å². The van der Waals surface area contributed by atoms with Crippen molar-refractivity contribution in [1.82, 2.24) is 5.32 Å². The molecule has 20 heavy (non-hydrogen) atoms. The molecule has 112 valence electrons. The van der Waals surface area contributed by atoms with E-state index in [1.807, 2.05) is 0 Å². The molecule has 2 N–H and O–H groups in total. The monoisotopic (exact) mass is 299 g/mol. The number of amides is 1. The number of nitrogens with one attached hydrogen (secondary N) is 1. The molecular weight excluding hydrogens is 278 g/mol. The zero-order valence-corrected chi connectivity index (χ0v) is 12.2. The second-order valence-corrected chi connectivity index (χ2v) is 5.05. The molecule has 0 spiro atoms. The van der Waals surface area contributed by atoms with Crippen molar-refractivity contribution in [2.75, 3.05) is 6.54 Å². The summed E-state index contributed by atoms with van der Waals surface area (Å²) >= 11 is 5.93. The van der Waals surface area contributed by atoms with E-state index in [9.17, 15) is 9.59 Å². The number of hydrogen-bond acceptors (Lipinski definition) is 2. The van der Waals surface area contributed by atoms with Crippen LogP contribution in [0.25, 0.3) is 0 Å². The molecule has 5 heteroatoms. The van der Waals surface area contributed by atoms with Crippen LogP contribution in [-0.2, 0) is 4.79 Å². The molecule has 1 amide bonds. The third-order valence-electron chi connectivity index (χ3n) is 2.97. The normalized spacial score (nSPS) is 10.2. The Bertz CT molecular complexity index is 454. The summed E-state index contributed by atoms with van der Waals surface area (Å²) in [6.45, 7) is 0.614. The van der Waals surface area contributed by atoms with Crippen LogP contribution in [-0.4, -0.2) is 23.5 Å².